The third kappa shape index (κ3) is 5.24. The Morgan fingerprint density at radius 2 is 1.74 bits per heavy atom. The topological polar surface area (TPSA) is 75.7 Å². The van der Waals surface area contributed by atoms with E-state index < -0.39 is 10.0 Å². The van der Waals surface area contributed by atoms with Gasteiger partial charge in [0.25, 0.3) is 15.9 Å². The van der Waals surface area contributed by atoms with Crippen LogP contribution in [0.5, 0.6) is 5.75 Å². The number of hydrogen-bond acceptors (Lipinski definition) is 4. The summed E-state index contributed by atoms with van der Waals surface area (Å²) in [6.45, 7) is 4.65. The molecule has 0 fully saturated rings. The normalized spacial score (nSPS) is 11.1. The van der Waals surface area contributed by atoms with Crippen molar-refractivity contribution in [3.8, 4) is 5.75 Å². The summed E-state index contributed by atoms with van der Waals surface area (Å²) in [7, 11) is -2.17. The van der Waals surface area contributed by atoms with Crippen LogP contribution in [0.2, 0.25) is 0 Å². The molecule has 1 N–H and O–H groups in total. The van der Waals surface area contributed by atoms with Crippen LogP contribution >= 0.6 is 0 Å². The Morgan fingerprint density at radius 1 is 1.00 bits per heavy atom. The zero-order valence-electron chi connectivity index (χ0n) is 17.8. The molecule has 0 spiro atoms. The molecule has 7 heteroatoms. The maximum atomic E-state index is 12.9. The van der Waals surface area contributed by atoms with Gasteiger partial charge in [-0.2, -0.15) is 0 Å². The monoisotopic (exact) mass is 438 g/mol. The predicted octanol–water partition coefficient (Wildman–Crippen LogP) is 4.15. The molecule has 31 heavy (non-hydrogen) atoms. The molecular weight excluding hydrogens is 412 g/mol. The molecule has 3 rings (SSSR count). The van der Waals surface area contributed by atoms with E-state index >= 15 is 0 Å². The van der Waals surface area contributed by atoms with Gasteiger partial charge < -0.3 is 10.1 Å². The van der Waals surface area contributed by atoms with Crippen molar-refractivity contribution < 1.29 is 17.9 Å². The molecule has 0 unspecified atom stereocenters. The second-order valence-electron chi connectivity index (χ2n) is 7.05. The highest BCUT2D eigenvalue weighted by Crippen LogP contribution is 2.26. The number of hydrogen-bond donors (Lipinski definition) is 1. The number of aryl methyl sites for hydroxylation is 1. The quantitative estimate of drug-likeness (QED) is 0.573. The minimum Gasteiger partial charge on any atom is -0.494 e. The maximum Gasteiger partial charge on any atom is 0.264 e. The number of benzene rings is 3. The van der Waals surface area contributed by atoms with E-state index in [0.29, 0.717) is 30.0 Å². The van der Waals surface area contributed by atoms with E-state index in [1.165, 1.54) is 11.4 Å². The van der Waals surface area contributed by atoms with Crippen molar-refractivity contribution in [1.29, 1.82) is 0 Å². The number of rotatable bonds is 8. The predicted molar refractivity (Wildman–Crippen MR) is 122 cm³/mol. The molecule has 0 saturated heterocycles. The SMILES string of the molecule is CCOc1cccc(CNC(=O)c2ccc(N(C)S(=O)(=O)c3ccccc3)c(C)c2)c1. The first-order valence-corrected chi connectivity index (χ1v) is 11.4. The summed E-state index contributed by atoms with van der Waals surface area (Å²) in [6, 6.07) is 20.8. The third-order valence-corrected chi connectivity index (χ3v) is 6.65. The van der Waals surface area contributed by atoms with Crippen LogP contribution in [-0.4, -0.2) is 28.0 Å². The van der Waals surface area contributed by atoms with E-state index in [0.717, 1.165) is 11.3 Å². The van der Waals surface area contributed by atoms with Crippen LogP contribution in [0.15, 0.2) is 77.7 Å². The highest BCUT2D eigenvalue weighted by Gasteiger charge is 2.22. The van der Waals surface area contributed by atoms with Gasteiger partial charge in [0, 0.05) is 19.2 Å². The summed E-state index contributed by atoms with van der Waals surface area (Å²) in [5.41, 5.74) is 2.60. The van der Waals surface area contributed by atoms with Gasteiger partial charge in [-0.25, -0.2) is 8.42 Å². The standard InChI is InChI=1S/C24H26N2O4S/c1-4-30-21-10-8-9-19(16-21)17-25-24(27)20-13-14-23(18(2)15-20)26(3)31(28,29)22-11-6-5-7-12-22/h5-16H,4,17H2,1-3H3,(H,25,27). The second kappa shape index (κ2) is 9.66. The number of carbonyl (C=O) groups is 1. The fourth-order valence-electron chi connectivity index (χ4n) is 3.23. The lowest BCUT2D eigenvalue weighted by molar-refractivity contribution is 0.0950. The Balaban J connectivity index is 1.73. The van der Waals surface area contributed by atoms with Gasteiger partial charge in [-0.1, -0.05) is 30.3 Å². The molecule has 0 aromatic heterocycles. The van der Waals surface area contributed by atoms with E-state index in [1.807, 2.05) is 31.2 Å². The van der Waals surface area contributed by atoms with Crippen molar-refractivity contribution in [3.05, 3.63) is 89.5 Å². The first-order chi connectivity index (χ1) is 14.8. The number of amides is 1. The minimum absolute atomic E-state index is 0.216. The van der Waals surface area contributed by atoms with Crippen LogP contribution < -0.4 is 14.4 Å². The minimum atomic E-state index is -3.68. The van der Waals surface area contributed by atoms with E-state index in [2.05, 4.69) is 5.32 Å². The van der Waals surface area contributed by atoms with Crippen molar-refractivity contribution >= 4 is 21.6 Å². The molecule has 0 aliphatic heterocycles. The molecule has 3 aromatic rings. The zero-order chi connectivity index (χ0) is 22.4. The van der Waals surface area contributed by atoms with Crippen molar-refractivity contribution in [2.24, 2.45) is 0 Å². The van der Waals surface area contributed by atoms with E-state index in [-0.39, 0.29) is 10.8 Å². The largest absolute Gasteiger partial charge is 0.494 e. The fourth-order valence-corrected chi connectivity index (χ4v) is 4.51. The Kier molecular flexibility index (Phi) is 6.97. The number of ether oxygens (including phenoxy) is 1. The Bertz CT molecular complexity index is 1160. The van der Waals surface area contributed by atoms with Gasteiger partial charge in [0.2, 0.25) is 0 Å². The summed E-state index contributed by atoms with van der Waals surface area (Å²) in [5.74, 6) is 0.530. The van der Waals surface area contributed by atoms with Crippen LogP contribution in [0.3, 0.4) is 0 Å². The summed E-state index contributed by atoms with van der Waals surface area (Å²) in [6.07, 6.45) is 0. The molecule has 0 saturated carbocycles. The lowest BCUT2D eigenvalue weighted by atomic mass is 10.1. The average molecular weight is 439 g/mol. The average Bonchev–Trinajstić information content (AvgIpc) is 2.78. The summed E-state index contributed by atoms with van der Waals surface area (Å²) >= 11 is 0. The fraction of sp³-hybridized carbons (Fsp3) is 0.208. The van der Waals surface area contributed by atoms with Gasteiger partial charge in [-0.05, 0) is 67.4 Å². The molecule has 162 valence electrons. The maximum absolute atomic E-state index is 12.9. The zero-order valence-corrected chi connectivity index (χ0v) is 18.6. The molecule has 0 aliphatic carbocycles. The van der Waals surface area contributed by atoms with Gasteiger partial charge in [0.1, 0.15) is 5.75 Å². The first kappa shape index (κ1) is 22.4. The molecular formula is C24H26N2O4S. The van der Waals surface area contributed by atoms with E-state index in [9.17, 15) is 13.2 Å². The number of sulfonamides is 1. The molecule has 0 bridgehead atoms. The van der Waals surface area contributed by atoms with Gasteiger partial charge >= 0.3 is 0 Å². The number of carbonyl (C=O) groups excluding carboxylic acids is 1. The first-order valence-electron chi connectivity index (χ1n) is 9.97. The Hall–Kier alpha value is -3.32. The lowest BCUT2D eigenvalue weighted by Crippen LogP contribution is -2.27. The molecule has 0 heterocycles. The number of anilines is 1. The van der Waals surface area contributed by atoms with Crippen molar-refractivity contribution in [2.45, 2.75) is 25.3 Å². The van der Waals surface area contributed by atoms with E-state index in [1.54, 1.807) is 55.5 Å². The lowest BCUT2D eigenvalue weighted by Gasteiger charge is -2.22. The highest BCUT2D eigenvalue weighted by molar-refractivity contribution is 7.92. The highest BCUT2D eigenvalue weighted by atomic mass is 32.2. The van der Waals surface area contributed by atoms with Crippen molar-refractivity contribution in [1.82, 2.24) is 5.32 Å². The van der Waals surface area contributed by atoms with Crippen LogP contribution in [0.25, 0.3) is 0 Å². The Labute approximate surface area is 183 Å². The van der Waals surface area contributed by atoms with Gasteiger partial charge in [-0.15, -0.1) is 0 Å². The molecule has 6 nitrogen and oxygen atoms in total. The van der Waals surface area contributed by atoms with Gasteiger partial charge in [0.05, 0.1) is 17.2 Å². The summed E-state index contributed by atoms with van der Waals surface area (Å²) in [5, 5.41) is 2.89. The summed E-state index contributed by atoms with van der Waals surface area (Å²) < 4.78 is 32.5. The van der Waals surface area contributed by atoms with Crippen LogP contribution in [0.1, 0.15) is 28.4 Å². The molecule has 1 amide bonds. The molecule has 0 radical (unpaired) electrons. The summed E-state index contributed by atoms with van der Waals surface area (Å²) in [4.78, 5) is 12.8. The molecule has 0 aliphatic rings. The number of nitrogens with zero attached hydrogens (tertiary/aromatic N) is 1. The number of nitrogens with one attached hydrogen (secondary N) is 1. The van der Waals surface area contributed by atoms with E-state index in [4.69, 9.17) is 4.74 Å². The van der Waals surface area contributed by atoms with Crippen LogP contribution in [0.4, 0.5) is 5.69 Å². The van der Waals surface area contributed by atoms with Gasteiger partial charge in [-0.3, -0.25) is 9.10 Å². The van der Waals surface area contributed by atoms with Gasteiger partial charge in [0.15, 0.2) is 0 Å². The smallest absolute Gasteiger partial charge is 0.264 e. The van der Waals surface area contributed by atoms with Crippen molar-refractivity contribution in [3.63, 3.8) is 0 Å². The second-order valence-corrected chi connectivity index (χ2v) is 9.02. The third-order valence-electron chi connectivity index (χ3n) is 4.86. The van der Waals surface area contributed by atoms with Crippen molar-refractivity contribution in [2.75, 3.05) is 18.0 Å². The Morgan fingerprint density at radius 3 is 2.42 bits per heavy atom. The van der Waals surface area contributed by atoms with Crippen LogP contribution in [-0.2, 0) is 16.6 Å². The van der Waals surface area contributed by atoms with Crippen LogP contribution in [0, 0.1) is 6.92 Å². The molecule has 3 aromatic carbocycles. The molecule has 0 atom stereocenters.